The van der Waals surface area contributed by atoms with Crippen molar-refractivity contribution in [2.24, 2.45) is 29.6 Å². The van der Waals surface area contributed by atoms with Crippen LogP contribution in [0.4, 0.5) is 0 Å². The van der Waals surface area contributed by atoms with E-state index in [9.17, 15) is 4.79 Å². The second-order valence-corrected chi connectivity index (χ2v) is 11.4. The zero-order chi connectivity index (χ0) is 21.9. The van der Waals surface area contributed by atoms with Crippen LogP contribution in [-0.2, 0) is 9.53 Å². The van der Waals surface area contributed by atoms with Gasteiger partial charge in [0.05, 0.1) is 0 Å². The summed E-state index contributed by atoms with van der Waals surface area (Å²) in [6, 6.07) is 0. The molecule has 0 spiro atoms. The van der Waals surface area contributed by atoms with E-state index < -0.39 is 0 Å². The van der Waals surface area contributed by atoms with Crippen molar-refractivity contribution in [3.8, 4) is 0 Å². The molecular weight excluding hydrogens is 380 g/mol. The van der Waals surface area contributed by atoms with Gasteiger partial charge < -0.3 is 4.74 Å². The van der Waals surface area contributed by atoms with E-state index in [-0.39, 0.29) is 12.1 Å². The van der Waals surface area contributed by atoms with E-state index in [0.717, 1.165) is 55.3 Å². The van der Waals surface area contributed by atoms with Crippen LogP contribution < -0.4 is 0 Å². The molecule has 2 heteroatoms. The lowest BCUT2D eigenvalue weighted by atomic mass is 9.56. The maximum Gasteiger partial charge on any atom is 0.306 e. The van der Waals surface area contributed by atoms with Gasteiger partial charge in [-0.25, -0.2) is 0 Å². The Hall–Kier alpha value is -0.530. The molecule has 6 unspecified atom stereocenters. The number of fused-ring (bicyclic) bond motifs is 3. The third kappa shape index (κ3) is 8.08. The van der Waals surface area contributed by atoms with Gasteiger partial charge >= 0.3 is 5.97 Å². The molecule has 0 saturated heterocycles. The van der Waals surface area contributed by atoms with Gasteiger partial charge in [0, 0.05) is 6.42 Å². The van der Waals surface area contributed by atoms with Crippen LogP contribution in [-0.4, -0.2) is 12.1 Å². The predicted octanol–water partition coefficient (Wildman–Crippen LogP) is 8.86. The topological polar surface area (TPSA) is 26.3 Å². The van der Waals surface area contributed by atoms with E-state index in [1.807, 2.05) is 0 Å². The molecule has 31 heavy (non-hydrogen) atoms. The molecule has 0 N–H and O–H groups in total. The maximum absolute atomic E-state index is 12.2. The van der Waals surface area contributed by atoms with Gasteiger partial charge in [0.2, 0.25) is 0 Å². The van der Waals surface area contributed by atoms with Crippen LogP contribution in [0.2, 0.25) is 0 Å². The van der Waals surface area contributed by atoms with E-state index in [2.05, 4.69) is 13.8 Å². The Kier molecular flexibility index (Phi) is 11.2. The Balaban J connectivity index is 1.33. The van der Waals surface area contributed by atoms with Crippen LogP contribution in [0, 0.1) is 29.6 Å². The van der Waals surface area contributed by atoms with E-state index in [4.69, 9.17) is 4.74 Å². The summed E-state index contributed by atoms with van der Waals surface area (Å²) in [6.45, 7) is 4.49. The zero-order valence-electron chi connectivity index (χ0n) is 20.9. The highest BCUT2D eigenvalue weighted by Gasteiger charge is 2.44. The maximum atomic E-state index is 12.2. The Morgan fingerprint density at radius 1 is 0.677 bits per heavy atom. The van der Waals surface area contributed by atoms with Crippen LogP contribution in [0.15, 0.2) is 0 Å². The van der Waals surface area contributed by atoms with E-state index in [1.54, 1.807) is 0 Å². The molecule has 3 saturated carbocycles. The lowest BCUT2D eigenvalue weighted by Crippen LogP contribution is -2.43. The molecule has 0 radical (unpaired) electrons. The number of esters is 1. The molecule has 0 aromatic heterocycles. The second kappa shape index (κ2) is 13.9. The normalized spacial score (nSPS) is 32.8. The fourth-order valence-electron chi connectivity index (χ4n) is 7.37. The van der Waals surface area contributed by atoms with Gasteiger partial charge in [-0.1, -0.05) is 84.5 Å². The molecule has 0 amide bonds. The van der Waals surface area contributed by atoms with E-state index in [0.29, 0.717) is 6.42 Å². The van der Waals surface area contributed by atoms with Gasteiger partial charge in [0.15, 0.2) is 0 Å². The third-order valence-corrected chi connectivity index (χ3v) is 9.10. The fraction of sp³-hybridized carbons (Fsp3) is 0.966. The molecule has 0 heterocycles. The van der Waals surface area contributed by atoms with Gasteiger partial charge in [-0.05, 0) is 81.0 Å². The number of hydrogen-bond donors (Lipinski definition) is 0. The molecule has 3 aliphatic carbocycles. The lowest BCUT2D eigenvalue weighted by molar-refractivity contribution is -0.153. The number of carbonyl (C=O) groups excluding carboxylic acids is 1. The average molecular weight is 433 g/mol. The highest BCUT2D eigenvalue weighted by molar-refractivity contribution is 5.69. The quantitative estimate of drug-likeness (QED) is 0.214. The minimum atomic E-state index is 0.0662. The highest BCUT2D eigenvalue weighted by Crippen LogP contribution is 2.53. The molecule has 3 rings (SSSR count). The molecule has 6 atom stereocenters. The minimum Gasteiger partial charge on any atom is -0.462 e. The third-order valence-electron chi connectivity index (χ3n) is 9.10. The van der Waals surface area contributed by atoms with Crippen LogP contribution in [0.5, 0.6) is 0 Å². The lowest BCUT2D eigenvalue weighted by Gasteiger charge is -2.50. The molecule has 2 nitrogen and oxygen atoms in total. The minimum absolute atomic E-state index is 0.0662. The highest BCUT2D eigenvalue weighted by atomic mass is 16.5. The molecule has 0 aromatic rings. The Bertz CT molecular complexity index is 501. The number of rotatable bonds is 13. The number of unbranched alkanes of at least 4 members (excludes halogenated alkanes) is 8. The van der Waals surface area contributed by atoms with E-state index in [1.165, 1.54) is 96.3 Å². The first-order valence-electron chi connectivity index (χ1n) is 14.4. The standard InChI is InChI=1S/C29H52O2/c1-3-5-7-8-9-10-12-13-23-15-19-27-24(21-23)16-17-25-22-26(18-20-28(25)27)31-29(30)14-11-6-4-2/h23-28H,3-22H2,1-2H3. The van der Waals surface area contributed by atoms with Crippen molar-refractivity contribution in [2.45, 2.75) is 148 Å². The smallest absolute Gasteiger partial charge is 0.306 e. The summed E-state index contributed by atoms with van der Waals surface area (Å²) in [5, 5.41) is 0. The molecule has 0 aliphatic heterocycles. The molecule has 3 fully saturated rings. The number of ether oxygens (including phenoxy) is 1. The summed E-state index contributed by atoms with van der Waals surface area (Å²) in [4.78, 5) is 12.2. The van der Waals surface area contributed by atoms with Crippen molar-refractivity contribution < 1.29 is 9.53 Å². The molecular formula is C29H52O2. The van der Waals surface area contributed by atoms with Gasteiger partial charge in [0.25, 0.3) is 0 Å². The van der Waals surface area contributed by atoms with Crippen molar-refractivity contribution >= 4 is 5.97 Å². The second-order valence-electron chi connectivity index (χ2n) is 11.4. The van der Waals surface area contributed by atoms with E-state index >= 15 is 0 Å². The van der Waals surface area contributed by atoms with Crippen LogP contribution in [0.25, 0.3) is 0 Å². The predicted molar refractivity (Wildman–Crippen MR) is 131 cm³/mol. The molecule has 180 valence electrons. The first-order chi connectivity index (χ1) is 15.2. The van der Waals surface area contributed by atoms with Crippen LogP contribution in [0.1, 0.15) is 142 Å². The van der Waals surface area contributed by atoms with Crippen molar-refractivity contribution in [2.75, 3.05) is 0 Å². The molecule has 3 aliphatic rings. The van der Waals surface area contributed by atoms with Gasteiger partial charge in [-0.2, -0.15) is 0 Å². The SMILES string of the molecule is CCCCCCCCCC1CCC2C(CCC3CC(OC(=O)CCCCC)CCC32)C1. The zero-order valence-corrected chi connectivity index (χ0v) is 20.9. The Labute approximate surface area is 193 Å². The Morgan fingerprint density at radius 2 is 1.29 bits per heavy atom. The average Bonchev–Trinajstić information content (AvgIpc) is 2.78. The summed E-state index contributed by atoms with van der Waals surface area (Å²) in [5.41, 5.74) is 0. The van der Waals surface area contributed by atoms with Crippen LogP contribution in [0.3, 0.4) is 0 Å². The van der Waals surface area contributed by atoms with Crippen LogP contribution >= 0.6 is 0 Å². The van der Waals surface area contributed by atoms with Gasteiger partial charge in [-0.3, -0.25) is 4.79 Å². The summed E-state index contributed by atoms with van der Waals surface area (Å²) < 4.78 is 5.89. The summed E-state index contributed by atoms with van der Waals surface area (Å²) in [5.74, 6) is 4.87. The molecule has 0 bridgehead atoms. The monoisotopic (exact) mass is 432 g/mol. The van der Waals surface area contributed by atoms with Gasteiger partial charge in [0.1, 0.15) is 6.10 Å². The van der Waals surface area contributed by atoms with Gasteiger partial charge in [-0.15, -0.1) is 0 Å². The number of hydrogen-bond acceptors (Lipinski definition) is 2. The number of carbonyl (C=O) groups is 1. The Morgan fingerprint density at radius 3 is 2.03 bits per heavy atom. The summed E-state index contributed by atoms with van der Waals surface area (Å²) in [6.07, 6.45) is 26.8. The summed E-state index contributed by atoms with van der Waals surface area (Å²) in [7, 11) is 0. The summed E-state index contributed by atoms with van der Waals surface area (Å²) >= 11 is 0. The van der Waals surface area contributed by atoms with Crippen molar-refractivity contribution in [1.82, 2.24) is 0 Å². The van der Waals surface area contributed by atoms with Crippen molar-refractivity contribution in [3.63, 3.8) is 0 Å². The first kappa shape index (κ1) is 25.1. The van der Waals surface area contributed by atoms with Crippen molar-refractivity contribution in [3.05, 3.63) is 0 Å². The van der Waals surface area contributed by atoms with Crippen molar-refractivity contribution in [1.29, 1.82) is 0 Å². The largest absolute Gasteiger partial charge is 0.462 e. The fourth-order valence-corrected chi connectivity index (χ4v) is 7.37. The first-order valence-corrected chi connectivity index (χ1v) is 14.4. The molecule has 0 aromatic carbocycles.